The van der Waals surface area contributed by atoms with Crippen molar-refractivity contribution in [1.29, 1.82) is 0 Å². The molecule has 14 heteroatoms. The van der Waals surface area contributed by atoms with Crippen molar-refractivity contribution in [2.75, 3.05) is 39.2 Å². The van der Waals surface area contributed by atoms with Gasteiger partial charge in [-0.25, -0.2) is 19.6 Å². The number of halogens is 3. The van der Waals surface area contributed by atoms with Gasteiger partial charge in [-0.2, -0.15) is 13.2 Å². The zero-order valence-electron chi connectivity index (χ0n) is 20.2. The van der Waals surface area contributed by atoms with Crippen LogP contribution in [0.25, 0.3) is 21.7 Å². The van der Waals surface area contributed by atoms with Crippen LogP contribution in [0.4, 0.5) is 23.8 Å². The number of amides is 2. The van der Waals surface area contributed by atoms with Gasteiger partial charge in [-0.15, -0.1) is 11.3 Å². The molecule has 0 aliphatic carbocycles. The summed E-state index contributed by atoms with van der Waals surface area (Å²) in [5.74, 6) is -0.526. The molecule has 3 heterocycles. The van der Waals surface area contributed by atoms with Gasteiger partial charge in [-0.1, -0.05) is 0 Å². The Labute approximate surface area is 214 Å². The molecule has 0 bridgehead atoms. The fourth-order valence-electron chi connectivity index (χ4n) is 3.25. The lowest BCUT2D eigenvalue weighted by atomic mass is 10.0. The van der Waals surface area contributed by atoms with E-state index in [-0.39, 0.29) is 33.4 Å². The predicted octanol–water partition coefficient (Wildman–Crippen LogP) is 3.95. The van der Waals surface area contributed by atoms with Crippen LogP contribution in [-0.2, 0) is 22.2 Å². The van der Waals surface area contributed by atoms with Gasteiger partial charge in [0.25, 0.3) is 0 Å². The zero-order chi connectivity index (χ0) is 27.0. The first kappa shape index (κ1) is 28.0. The number of carbonyl (C=O) groups excluding carboxylic acids is 2. The van der Waals surface area contributed by atoms with E-state index in [0.717, 1.165) is 11.3 Å². The number of aromatic nitrogens is 3. The van der Waals surface area contributed by atoms with E-state index in [0.29, 0.717) is 30.8 Å². The summed E-state index contributed by atoms with van der Waals surface area (Å²) in [4.78, 5) is 36.2. The lowest BCUT2D eigenvalue weighted by Gasteiger charge is -2.11. The van der Waals surface area contributed by atoms with Gasteiger partial charge >= 0.3 is 18.2 Å². The second-order valence-electron chi connectivity index (χ2n) is 7.51. The lowest BCUT2D eigenvalue weighted by Crippen LogP contribution is -2.28. The number of urea groups is 1. The van der Waals surface area contributed by atoms with Crippen molar-refractivity contribution in [1.82, 2.24) is 25.6 Å². The number of anilines is 1. The fraction of sp³-hybridized carbons (Fsp3) is 0.348. The summed E-state index contributed by atoms with van der Waals surface area (Å²) in [6.07, 6.45) is -0.563. The first-order valence-corrected chi connectivity index (χ1v) is 11.8. The number of rotatable bonds is 10. The topological polar surface area (TPSA) is 127 Å². The summed E-state index contributed by atoms with van der Waals surface area (Å²) in [5, 5.41) is 8.07. The number of methoxy groups -OCH3 is 2. The van der Waals surface area contributed by atoms with Crippen molar-refractivity contribution >= 4 is 29.2 Å². The van der Waals surface area contributed by atoms with Crippen LogP contribution in [-0.4, -0.2) is 60.9 Å². The van der Waals surface area contributed by atoms with Crippen LogP contribution in [0.15, 0.2) is 30.7 Å². The number of nitrogens with zero attached hydrogens (tertiary/aromatic N) is 3. The average molecular weight is 539 g/mol. The number of hydrogen-bond donors (Lipinski definition) is 3. The highest BCUT2D eigenvalue weighted by Crippen LogP contribution is 2.41. The Bertz CT molecular complexity index is 1250. The molecule has 37 heavy (non-hydrogen) atoms. The van der Waals surface area contributed by atoms with Crippen molar-refractivity contribution in [3.05, 3.63) is 46.9 Å². The maximum absolute atomic E-state index is 13.8. The summed E-state index contributed by atoms with van der Waals surface area (Å²) in [5.41, 5.74) is 0.164. The molecule has 0 saturated heterocycles. The van der Waals surface area contributed by atoms with Crippen molar-refractivity contribution in [3.63, 3.8) is 0 Å². The van der Waals surface area contributed by atoms with Crippen LogP contribution in [0.2, 0.25) is 0 Å². The Hall–Kier alpha value is -3.62. The van der Waals surface area contributed by atoms with E-state index in [1.54, 1.807) is 6.92 Å². The monoisotopic (exact) mass is 538 g/mol. The Morgan fingerprint density at radius 2 is 1.89 bits per heavy atom. The molecule has 0 aliphatic rings. The Kier molecular flexibility index (Phi) is 9.49. The molecule has 3 rings (SSSR count). The summed E-state index contributed by atoms with van der Waals surface area (Å²) >= 11 is 0.857. The van der Waals surface area contributed by atoms with Gasteiger partial charge in [0, 0.05) is 62.0 Å². The highest BCUT2D eigenvalue weighted by Gasteiger charge is 2.37. The molecule has 3 N–H and O–H groups in total. The minimum absolute atomic E-state index is 0.0129. The quantitative estimate of drug-likeness (QED) is 0.262. The van der Waals surface area contributed by atoms with E-state index in [4.69, 9.17) is 9.47 Å². The molecule has 3 aromatic rings. The number of thiazole rings is 1. The van der Waals surface area contributed by atoms with E-state index in [9.17, 15) is 22.8 Å². The van der Waals surface area contributed by atoms with Gasteiger partial charge in [-0.05, 0) is 19.1 Å². The Balaban J connectivity index is 2.13. The van der Waals surface area contributed by atoms with E-state index in [1.165, 1.54) is 44.9 Å². The lowest BCUT2D eigenvalue weighted by molar-refractivity contribution is -0.141. The third-order valence-electron chi connectivity index (χ3n) is 4.92. The Morgan fingerprint density at radius 1 is 1.11 bits per heavy atom. The molecule has 0 atom stereocenters. The molecule has 0 saturated carbocycles. The van der Waals surface area contributed by atoms with Crippen LogP contribution >= 0.6 is 11.3 Å². The summed E-state index contributed by atoms with van der Waals surface area (Å²) in [6.45, 7) is 2.72. The highest BCUT2D eigenvalue weighted by molar-refractivity contribution is 7.15. The van der Waals surface area contributed by atoms with Gasteiger partial charge < -0.3 is 20.1 Å². The first-order chi connectivity index (χ1) is 17.7. The average Bonchev–Trinajstić information content (AvgIpc) is 3.31. The number of hydrogen-bond acceptors (Lipinski definition) is 9. The van der Waals surface area contributed by atoms with Crippen molar-refractivity contribution < 1.29 is 32.2 Å². The van der Waals surface area contributed by atoms with Crippen molar-refractivity contribution in [2.24, 2.45) is 0 Å². The SMILES string of the molecule is CCNC(=O)Nc1cc(-c2nc(C(F)(F)F)c(CNCCOC)s2)c(-c2cncc(C(=O)OC)c2)cn1. The molecule has 0 radical (unpaired) electrons. The molecule has 0 unspecified atom stereocenters. The second-order valence-corrected chi connectivity index (χ2v) is 8.60. The van der Waals surface area contributed by atoms with Gasteiger partial charge in [0.05, 0.1) is 24.2 Å². The van der Waals surface area contributed by atoms with Crippen LogP contribution < -0.4 is 16.0 Å². The summed E-state index contributed by atoms with van der Waals surface area (Å²) in [7, 11) is 2.72. The van der Waals surface area contributed by atoms with Crippen LogP contribution in [0, 0.1) is 0 Å². The number of nitrogens with one attached hydrogen (secondary N) is 3. The number of esters is 1. The van der Waals surface area contributed by atoms with E-state index < -0.39 is 23.9 Å². The van der Waals surface area contributed by atoms with Crippen molar-refractivity contribution in [2.45, 2.75) is 19.6 Å². The smallest absolute Gasteiger partial charge is 0.434 e. The molecule has 3 aromatic heterocycles. The van der Waals surface area contributed by atoms with Crippen LogP contribution in [0.3, 0.4) is 0 Å². The van der Waals surface area contributed by atoms with Gasteiger partial charge in [0.1, 0.15) is 10.8 Å². The largest absolute Gasteiger partial charge is 0.465 e. The normalized spacial score (nSPS) is 11.3. The molecule has 0 aromatic carbocycles. The van der Waals surface area contributed by atoms with E-state index in [1.807, 2.05) is 0 Å². The van der Waals surface area contributed by atoms with Crippen molar-refractivity contribution in [3.8, 4) is 21.7 Å². The molecule has 0 spiro atoms. The van der Waals surface area contributed by atoms with E-state index >= 15 is 0 Å². The van der Waals surface area contributed by atoms with Crippen LogP contribution in [0.5, 0.6) is 0 Å². The summed E-state index contributed by atoms with van der Waals surface area (Å²) in [6, 6.07) is 2.39. The predicted molar refractivity (Wildman–Crippen MR) is 131 cm³/mol. The second kappa shape index (κ2) is 12.6. The highest BCUT2D eigenvalue weighted by atomic mass is 32.1. The number of ether oxygens (including phenoxy) is 2. The van der Waals surface area contributed by atoms with E-state index in [2.05, 4.69) is 30.9 Å². The number of pyridine rings is 2. The number of alkyl halides is 3. The minimum Gasteiger partial charge on any atom is -0.465 e. The zero-order valence-corrected chi connectivity index (χ0v) is 21.0. The molecule has 10 nitrogen and oxygen atoms in total. The number of carbonyl (C=O) groups is 2. The minimum atomic E-state index is -4.69. The maximum atomic E-state index is 13.8. The standard InChI is InChI=1S/C23H25F3N6O4S/c1-4-29-22(34)31-18-8-15(16(11-30-18)13-7-14(10-28-9-13)21(33)36-3)20-32-19(23(24,25)26)17(37-20)12-27-5-6-35-2/h7-11,27H,4-6,12H2,1-3H3,(H2,29,30,31,34). The van der Waals surface area contributed by atoms with Gasteiger partial charge in [-0.3, -0.25) is 10.3 Å². The third kappa shape index (κ3) is 7.21. The molecule has 0 aliphatic heterocycles. The molecular weight excluding hydrogens is 513 g/mol. The molecule has 2 amide bonds. The molecule has 0 fully saturated rings. The summed E-state index contributed by atoms with van der Waals surface area (Å²) < 4.78 is 51.2. The first-order valence-electron chi connectivity index (χ1n) is 11.0. The Morgan fingerprint density at radius 3 is 2.57 bits per heavy atom. The maximum Gasteiger partial charge on any atom is 0.434 e. The van der Waals surface area contributed by atoms with Gasteiger partial charge in [0.15, 0.2) is 5.69 Å². The molecular formula is C23H25F3N6O4S. The molecule has 198 valence electrons. The fourth-order valence-corrected chi connectivity index (χ4v) is 4.33. The third-order valence-corrected chi connectivity index (χ3v) is 6.01. The van der Waals surface area contributed by atoms with Gasteiger partial charge in [0.2, 0.25) is 0 Å². The van der Waals surface area contributed by atoms with Crippen LogP contribution in [0.1, 0.15) is 27.9 Å².